The summed E-state index contributed by atoms with van der Waals surface area (Å²) >= 11 is 1.90. The van der Waals surface area contributed by atoms with Crippen molar-refractivity contribution in [2.45, 2.75) is 81.2 Å². The van der Waals surface area contributed by atoms with Crippen molar-refractivity contribution in [3.05, 3.63) is 12.2 Å². The van der Waals surface area contributed by atoms with Crippen LogP contribution in [0.5, 0.6) is 0 Å². The summed E-state index contributed by atoms with van der Waals surface area (Å²) in [5, 5.41) is 12.0. The summed E-state index contributed by atoms with van der Waals surface area (Å²) in [7, 11) is 0. The molecule has 2 fully saturated rings. The molecule has 0 radical (unpaired) electrons. The Kier molecular flexibility index (Phi) is 13.3. The third-order valence-electron chi connectivity index (χ3n) is 6.53. The average molecular weight is 527 g/mol. The van der Waals surface area contributed by atoms with Gasteiger partial charge in [-0.25, -0.2) is 9.59 Å². The van der Waals surface area contributed by atoms with Crippen molar-refractivity contribution in [1.29, 1.82) is 0 Å². The molecule has 4 amide bonds. The molecule has 2 heterocycles. The smallest absolute Gasteiger partial charge is 0.407 e. The van der Waals surface area contributed by atoms with Gasteiger partial charge in [0, 0.05) is 30.5 Å². The van der Waals surface area contributed by atoms with Gasteiger partial charge in [-0.1, -0.05) is 18.6 Å². The Bertz CT molecular complexity index is 725. The highest BCUT2D eigenvalue weighted by atomic mass is 32.2. The summed E-state index contributed by atoms with van der Waals surface area (Å²) in [5.74, 6) is 1.00. The van der Waals surface area contributed by atoms with Gasteiger partial charge in [-0.2, -0.15) is 11.8 Å². The number of alkyl carbamates (subject to hydrolysis) is 1. The molecule has 0 aromatic rings. The number of carbonyl (C=O) groups is 3. The Morgan fingerprint density at radius 3 is 2.58 bits per heavy atom. The van der Waals surface area contributed by atoms with Crippen LogP contribution < -0.4 is 21.3 Å². The summed E-state index contributed by atoms with van der Waals surface area (Å²) in [6, 6.07) is 0.417. The van der Waals surface area contributed by atoms with E-state index in [2.05, 4.69) is 33.4 Å². The van der Waals surface area contributed by atoms with E-state index in [0.717, 1.165) is 57.1 Å². The van der Waals surface area contributed by atoms with E-state index in [1.807, 2.05) is 11.8 Å². The van der Waals surface area contributed by atoms with Gasteiger partial charge in [-0.3, -0.25) is 4.79 Å². The molecule has 0 aromatic heterocycles. The normalized spacial score (nSPS) is 26.2. The molecule has 1 unspecified atom stereocenters. The Labute approximate surface area is 218 Å². The molecule has 3 aliphatic rings. The first-order valence-corrected chi connectivity index (χ1v) is 14.4. The lowest BCUT2D eigenvalue weighted by atomic mass is 10.0. The van der Waals surface area contributed by atoms with Gasteiger partial charge in [-0.15, -0.1) is 0 Å². The van der Waals surface area contributed by atoms with Gasteiger partial charge in [0.1, 0.15) is 6.10 Å². The van der Waals surface area contributed by atoms with Crippen LogP contribution in [-0.2, 0) is 19.0 Å². The van der Waals surface area contributed by atoms with Gasteiger partial charge in [0.15, 0.2) is 0 Å². The van der Waals surface area contributed by atoms with Crippen LogP contribution in [0.25, 0.3) is 0 Å². The van der Waals surface area contributed by atoms with Gasteiger partial charge >= 0.3 is 12.1 Å². The van der Waals surface area contributed by atoms with Crippen molar-refractivity contribution in [2.24, 2.45) is 0 Å². The molecule has 0 bridgehead atoms. The Morgan fingerprint density at radius 1 is 0.972 bits per heavy atom. The summed E-state index contributed by atoms with van der Waals surface area (Å²) < 4.78 is 16.4. The number of carbonyl (C=O) groups excluding carboxylic acids is 3. The van der Waals surface area contributed by atoms with Crippen LogP contribution in [0.15, 0.2) is 12.2 Å². The minimum absolute atomic E-state index is 0.0103. The predicted molar refractivity (Wildman–Crippen MR) is 139 cm³/mol. The second kappa shape index (κ2) is 16.7. The largest absolute Gasteiger partial charge is 0.446 e. The van der Waals surface area contributed by atoms with Gasteiger partial charge in [0.2, 0.25) is 5.91 Å². The molecule has 4 atom stereocenters. The number of fused-ring (bicyclic) bond motifs is 1. The van der Waals surface area contributed by atoms with E-state index < -0.39 is 0 Å². The zero-order chi connectivity index (χ0) is 25.4. The number of allylic oxidation sites excluding steroid dienone is 2. The average Bonchev–Trinajstić information content (AvgIpc) is 3.39. The molecular weight excluding hydrogens is 484 g/mol. The maximum Gasteiger partial charge on any atom is 0.407 e. The number of unbranched alkanes of at least 4 members (excludes halogenated alkanes) is 1. The van der Waals surface area contributed by atoms with Crippen LogP contribution in [0.3, 0.4) is 0 Å². The van der Waals surface area contributed by atoms with Crippen molar-refractivity contribution in [2.75, 3.05) is 45.3 Å². The monoisotopic (exact) mass is 526 g/mol. The number of hydrogen-bond donors (Lipinski definition) is 4. The van der Waals surface area contributed by atoms with Crippen molar-refractivity contribution in [1.82, 2.24) is 21.3 Å². The third-order valence-corrected chi connectivity index (χ3v) is 8.04. The minimum Gasteiger partial charge on any atom is -0.446 e. The van der Waals surface area contributed by atoms with E-state index in [0.29, 0.717) is 51.2 Å². The number of ether oxygens (including phenoxy) is 3. The first kappa shape index (κ1) is 28.6. The molecule has 3 rings (SSSR count). The number of amides is 4. The van der Waals surface area contributed by atoms with Crippen molar-refractivity contribution in [3.8, 4) is 0 Å². The second-order valence-corrected chi connectivity index (χ2v) is 10.6. The van der Waals surface area contributed by atoms with Crippen LogP contribution in [-0.4, -0.2) is 86.7 Å². The quantitative estimate of drug-likeness (QED) is 0.147. The van der Waals surface area contributed by atoms with E-state index in [4.69, 9.17) is 14.2 Å². The van der Waals surface area contributed by atoms with Crippen molar-refractivity contribution >= 4 is 29.8 Å². The first-order valence-electron chi connectivity index (χ1n) is 13.3. The Hall–Kier alpha value is -1.98. The van der Waals surface area contributed by atoms with Crippen molar-refractivity contribution < 1.29 is 28.6 Å². The van der Waals surface area contributed by atoms with E-state index in [1.165, 1.54) is 0 Å². The number of thioether (sulfide) groups is 1. The summed E-state index contributed by atoms with van der Waals surface area (Å²) in [5.41, 5.74) is 0. The summed E-state index contributed by atoms with van der Waals surface area (Å²) in [6.07, 6.45) is 12.1. The Balaban J connectivity index is 1.06. The highest BCUT2D eigenvalue weighted by Gasteiger charge is 2.42. The van der Waals surface area contributed by atoms with E-state index in [9.17, 15) is 14.4 Å². The number of urea groups is 1. The molecule has 2 saturated heterocycles. The van der Waals surface area contributed by atoms with E-state index >= 15 is 0 Å². The molecule has 11 heteroatoms. The standard InChI is InChI=1S/C25H42N4O6S/c30-22(11-7-6-10-21-23-20(18-36-21)28-24(31)29-23)26-12-14-33-16-17-34-15-13-27-25(32)35-19-8-4-2-1-3-5-9-19/h1-2,19-21,23H,3-18H2,(H,26,30)(H,27,32)(H2,28,29,31)/b2-1+/t19?,20-,21-,23-/m0/s1. The SMILES string of the molecule is O=C(CCCC[C@@H]1SC[C@@H]2NC(=O)N[C@@H]21)NCCOCCOCCNC(=O)OC1CC/C=C/CCC1. The first-order chi connectivity index (χ1) is 17.6. The van der Waals surface area contributed by atoms with Gasteiger partial charge < -0.3 is 35.5 Å². The fraction of sp³-hybridized carbons (Fsp3) is 0.800. The lowest BCUT2D eigenvalue weighted by Crippen LogP contribution is -2.36. The summed E-state index contributed by atoms with van der Waals surface area (Å²) in [6.45, 7) is 2.56. The molecular formula is C25H42N4O6S. The minimum atomic E-state index is -0.384. The molecule has 10 nitrogen and oxygen atoms in total. The van der Waals surface area contributed by atoms with Crippen LogP contribution in [0, 0.1) is 0 Å². The molecule has 1 aliphatic carbocycles. The fourth-order valence-corrected chi connectivity index (χ4v) is 6.15. The zero-order valence-electron chi connectivity index (χ0n) is 21.1. The topological polar surface area (TPSA) is 127 Å². The van der Waals surface area contributed by atoms with Crippen molar-refractivity contribution in [3.63, 3.8) is 0 Å². The second-order valence-electron chi connectivity index (χ2n) is 9.38. The zero-order valence-corrected chi connectivity index (χ0v) is 22.0. The third kappa shape index (κ3) is 11.0. The van der Waals surface area contributed by atoms with Gasteiger partial charge in [0.05, 0.1) is 38.5 Å². The number of rotatable bonds is 15. The van der Waals surface area contributed by atoms with Gasteiger partial charge in [-0.05, 0) is 44.9 Å². The maximum atomic E-state index is 12.0. The predicted octanol–water partition coefficient (Wildman–Crippen LogP) is 2.48. The molecule has 204 valence electrons. The molecule has 4 N–H and O–H groups in total. The molecule has 0 aromatic carbocycles. The highest BCUT2D eigenvalue weighted by Crippen LogP contribution is 2.33. The Morgan fingerprint density at radius 2 is 1.75 bits per heavy atom. The lowest BCUT2D eigenvalue weighted by molar-refractivity contribution is -0.121. The van der Waals surface area contributed by atoms with Gasteiger partial charge in [0.25, 0.3) is 0 Å². The van der Waals surface area contributed by atoms with Crippen LogP contribution in [0.1, 0.15) is 57.8 Å². The van der Waals surface area contributed by atoms with Crippen LogP contribution in [0.2, 0.25) is 0 Å². The van der Waals surface area contributed by atoms with Crippen LogP contribution >= 0.6 is 11.8 Å². The lowest BCUT2D eigenvalue weighted by Gasteiger charge is -2.18. The molecule has 0 saturated carbocycles. The highest BCUT2D eigenvalue weighted by molar-refractivity contribution is 8.00. The maximum absolute atomic E-state index is 12.0. The van der Waals surface area contributed by atoms with E-state index in [-0.39, 0.29) is 36.2 Å². The summed E-state index contributed by atoms with van der Waals surface area (Å²) in [4.78, 5) is 35.3. The van der Waals surface area contributed by atoms with Crippen LogP contribution in [0.4, 0.5) is 9.59 Å². The van der Waals surface area contributed by atoms with E-state index in [1.54, 1.807) is 0 Å². The fourth-order valence-electron chi connectivity index (χ4n) is 4.61. The number of hydrogen-bond acceptors (Lipinski definition) is 7. The molecule has 2 aliphatic heterocycles. The molecule has 0 spiro atoms. The number of nitrogens with one attached hydrogen (secondary N) is 4. The molecule has 36 heavy (non-hydrogen) atoms.